The fraction of sp³-hybridized carbons (Fsp3) is 0.605. The molecule has 0 N–H and O–H groups in total. The fourth-order valence-corrected chi connectivity index (χ4v) is 7.81. The van der Waals surface area contributed by atoms with Crippen molar-refractivity contribution in [2.75, 3.05) is 71.0 Å². The molecule has 11 nitrogen and oxygen atoms in total. The van der Waals surface area contributed by atoms with E-state index in [0.717, 1.165) is 55.5 Å². The largest absolute Gasteiger partial charge is 0.497 e. The van der Waals surface area contributed by atoms with Crippen LogP contribution in [0.3, 0.4) is 0 Å². The number of carbonyl (C=O) groups is 2. The number of methoxy groups -OCH3 is 1. The van der Waals surface area contributed by atoms with Crippen LogP contribution < -0.4 is 9.64 Å². The quantitative estimate of drug-likeness (QED) is 0.257. The van der Waals surface area contributed by atoms with Gasteiger partial charge in [0.1, 0.15) is 5.75 Å². The molecule has 49 heavy (non-hydrogen) atoms. The minimum atomic E-state index is -0.374. The third kappa shape index (κ3) is 8.28. The second-order valence-corrected chi connectivity index (χ2v) is 13.8. The van der Waals surface area contributed by atoms with Crippen molar-refractivity contribution in [2.45, 2.75) is 78.0 Å². The van der Waals surface area contributed by atoms with E-state index in [1.165, 1.54) is 62.3 Å². The van der Waals surface area contributed by atoms with E-state index in [0.29, 0.717) is 23.5 Å². The van der Waals surface area contributed by atoms with E-state index >= 15 is 0 Å². The number of urea groups is 1. The van der Waals surface area contributed by atoms with Crippen LogP contribution in [0.25, 0.3) is 11.0 Å². The van der Waals surface area contributed by atoms with Gasteiger partial charge in [0.25, 0.3) is 0 Å². The molecule has 5 fully saturated rings. The van der Waals surface area contributed by atoms with Gasteiger partial charge in [-0.1, -0.05) is 44.1 Å². The number of ether oxygens (including phenoxy) is 2. The van der Waals surface area contributed by atoms with Crippen LogP contribution in [0, 0.1) is 5.92 Å². The summed E-state index contributed by atoms with van der Waals surface area (Å²) in [5.74, 6) is 1.78. The maximum atomic E-state index is 13.6. The first-order valence-corrected chi connectivity index (χ1v) is 18.3. The molecule has 1 aromatic heterocycles. The standard InChI is InChI=1S/C32H39N5O5.C6H15N/c1-40-27-7-2-22(3-8-27)19-37-30(38)10-13-36(32(37)39)31-28-16-24(4-9-29(28)42-33-31)18-35-21-25-5-6-26(35)20-34(25)17-23-11-14-41-15-12-23;1-4-7(5-2)6-3/h2-4,7-9,16,23,25-26H,5-6,10-15,17-21H2,1H3;4-6H2,1-3H3. The van der Waals surface area contributed by atoms with Crippen LogP contribution in [-0.2, 0) is 22.6 Å². The number of rotatable bonds is 11. The molecule has 2 bridgehead atoms. The lowest BCUT2D eigenvalue weighted by Crippen LogP contribution is -2.62. The number of piperidine rings is 2. The number of imide groups is 1. The third-order valence-corrected chi connectivity index (χ3v) is 10.9. The molecule has 2 aromatic carbocycles. The molecule has 3 amide bonds. The number of amides is 3. The molecule has 0 aliphatic carbocycles. The lowest BCUT2D eigenvalue weighted by Gasteiger charge is -2.52. The molecule has 2 atom stereocenters. The molecule has 0 saturated carbocycles. The molecule has 8 rings (SSSR count). The monoisotopic (exact) mass is 674 g/mol. The maximum absolute atomic E-state index is 13.6. The molecule has 0 spiro atoms. The van der Waals surface area contributed by atoms with Gasteiger partial charge < -0.3 is 18.9 Å². The van der Waals surface area contributed by atoms with Crippen LogP contribution in [0.5, 0.6) is 5.75 Å². The number of carbonyl (C=O) groups excluding carboxylic acids is 2. The number of fused-ring (bicyclic) bond motifs is 4. The van der Waals surface area contributed by atoms with Crippen LogP contribution in [0.1, 0.15) is 64.0 Å². The van der Waals surface area contributed by atoms with Gasteiger partial charge >= 0.3 is 6.03 Å². The van der Waals surface area contributed by atoms with E-state index in [1.807, 2.05) is 30.3 Å². The molecule has 3 aromatic rings. The summed E-state index contributed by atoms with van der Waals surface area (Å²) in [6.07, 6.45) is 5.13. The van der Waals surface area contributed by atoms with Gasteiger partial charge in [0.05, 0.1) is 19.0 Å². The average Bonchev–Trinajstić information content (AvgIpc) is 3.55. The number of nitrogens with zero attached hydrogens (tertiary/aromatic N) is 6. The Hall–Kier alpha value is -3.51. The number of anilines is 1. The van der Waals surface area contributed by atoms with Crippen molar-refractivity contribution in [2.24, 2.45) is 5.92 Å². The Kier molecular flexibility index (Phi) is 11.9. The zero-order valence-electron chi connectivity index (χ0n) is 29.8. The second-order valence-electron chi connectivity index (χ2n) is 13.8. The number of benzene rings is 2. The fourth-order valence-electron chi connectivity index (χ4n) is 7.81. The van der Waals surface area contributed by atoms with Gasteiger partial charge in [-0.2, -0.15) is 0 Å². The second kappa shape index (κ2) is 16.5. The van der Waals surface area contributed by atoms with Gasteiger partial charge in [-0.15, -0.1) is 0 Å². The average molecular weight is 675 g/mol. The Labute approximate surface area is 291 Å². The van der Waals surface area contributed by atoms with Crippen LogP contribution in [-0.4, -0.2) is 115 Å². The molecule has 11 heteroatoms. The van der Waals surface area contributed by atoms with Crippen LogP contribution in [0.2, 0.25) is 0 Å². The lowest BCUT2D eigenvalue weighted by molar-refractivity contribution is -0.129. The Balaban J connectivity index is 0.000000540. The van der Waals surface area contributed by atoms with E-state index in [1.54, 1.807) is 12.0 Å². The summed E-state index contributed by atoms with van der Waals surface area (Å²) in [6, 6.07) is 14.4. The minimum Gasteiger partial charge on any atom is -0.497 e. The van der Waals surface area contributed by atoms with Crippen molar-refractivity contribution in [1.29, 1.82) is 0 Å². The summed E-state index contributed by atoms with van der Waals surface area (Å²) in [5.41, 5.74) is 2.68. The molecule has 6 heterocycles. The highest BCUT2D eigenvalue weighted by molar-refractivity contribution is 6.08. The Bertz CT molecular complexity index is 1530. The number of hydrogen-bond donors (Lipinski definition) is 0. The van der Waals surface area contributed by atoms with Gasteiger partial charge in [0.2, 0.25) is 5.91 Å². The highest BCUT2D eigenvalue weighted by atomic mass is 16.5. The van der Waals surface area contributed by atoms with Gasteiger partial charge in [-0.05, 0) is 86.6 Å². The summed E-state index contributed by atoms with van der Waals surface area (Å²) < 4.78 is 16.4. The first-order chi connectivity index (χ1) is 23.9. The van der Waals surface area contributed by atoms with E-state index in [4.69, 9.17) is 14.0 Å². The van der Waals surface area contributed by atoms with E-state index in [9.17, 15) is 9.59 Å². The van der Waals surface area contributed by atoms with Crippen molar-refractivity contribution in [3.05, 3.63) is 53.6 Å². The van der Waals surface area contributed by atoms with E-state index in [2.05, 4.69) is 52.8 Å². The van der Waals surface area contributed by atoms with E-state index in [-0.39, 0.29) is 31.4 Å². The summed E-state index contributed by atoms with van der Waals surface area (Å²) in [5, 5.41) is 5.10. The predicted molar refractivity (Wildman–Crippen MR) is 191 cm³/mol. The summed E-state index contributed by atoms with van der Waals surface area (Å²) in [7, 11) is 1.61. The molecule has 266 valence electrons. The Morgan fingerprint density at radius 2 is 1.53 bits per heavy atom. The number of aromatic nitrogens is 1. The molecule has 0 radical (unpaired) electrons. The maximum Gasteiger partial charge on any atom is 0.332 e. The van der Waals surface area contributed by atoms with Crippen molar-refractivity contribution >= 4 is 28.7 Å². The first-order valence-electron chi connectivity index (χ1n) is 18.3. The van der Waals surface area contributed by atoms with Gasteiger partial charge in [-0.3, -0.25) is 24.4 Å². The van der Waals surface area contributed by atoms with Gasteiger partial charge in [0.15, 0.2) is 11.4 Å². The zero-order valence-corrected chi connectivity index (χ0v) is 29.8. The zero-order chi connectivity index (χ0) is 34.3. The van der Waals surface area contributed by atoms with Gasteiger partial charge in [0, 0.05) is 64.4 Å². The summed E-state index contributed by atoms with van der Waals surface area (Å²) in [6.45, 7) is 16.7. The molecule has 5 saturated heterocycles. The topological polar surface area (TPSA) is 94.8 Å². The van der Waals surface area contributed by atoms with Crippen molar-refractivity contribution in [3.63, 3.8) is 0 Å². The van der Waals surface area contributed by atoms with Crippen molar-refractivity contribution in [1.82, 2.24) is 24.8 Å². The molecular formula is C38H54N6O5. The predicted octanol–water partition coefficient (Wildman–Crippen LogP) is 5.62. The van der Waals surface area contributed by atoms with Crippen LogP contribution in [0.4, 0.5) is 10.6 Å². The minimum absolute atomic E-state index is 0.188. The highest BCUT2D eigenvalue weighted by Crippen LogP contribution is 2.34. The summed E-state index contributed by atoms with van der Waals surface area (Å²) >= 11 is 0. The summed E-state index contributed by atoms with van der Waals surface area (Å²) in [4.78, 5) is 37.0. The normalized spacial score (nSPS) is 22.2. The highest BCUT2D eigenvalue weighted by Gasteiger charge is 2.40. The van der Waals surface area contributed by atoms with Gasteiger partial charge in [-0.25, -0.2) is 4.79 Å². The third-order valence-electron chi connectivity index (χ3n) is 10.9. The smallest absolute Gasteiger partial charge is 0.332 e. The Morgan fingerprint density at radius 3 is 2.16 bits per heavy atom. The van der Waals surface area contributed by atoms with Crippen LogP contribution in [0.15, 0.2) is 47.0 Å². The molecule has 2 unspecified atom stereocenters. The number of piperazine rings is 1. The first kappa shape index (κ1) is 35.3. The lowest BCUT2D eigenvalue weighted by atomic mass is 9.88. The molecular weight excluding hydrogens is 620 g/mol. The Morgan fingerprint density at radius 1 is 0.857 bits per heavy atom. The SMILES string of the molecule is CCN(CC)CC.COc1ccc(CN2C(=O)CCN(c3noc4ccc(CN5CC6CCC5CN6CC5CCOCC5)cc34)C2=O)cc1. The van der Waals surface area contributed by atoms with Crippen LogP contribution >= 0.6 is 0 Å². The van der Waals surface area contributed by atoms with Crippen molar-refractivity contribution in [3.8, 4) is 5.75 Å². The number of hydrogen-bond acceptors (Lipinski definition) is 9. The molecule has 5 aliphatic heterocycles. The molecule has 5 aliphatic rings. The van der Waals surface area contributed by atoms with E-state index < -0.39 is 0 Å². The van der Waals surface area contributed by atoms with Crippen molar-refractivity contribution < 1.29 is 23.6 Å².